The Hall–Kier alpha value is -4.98. The minimum Gasteiger partial charge on any atom is -0.497 e. The summed E-state index contributed by atoms with van der Waals surface area (Å²) in [6.45, 7) is 7.51. The fourth-order valence-corrected chi connectivity index (χ4v) is 7.40. The number of thiocarbonyl (C=S) groups is 1. The molecule has 0 saturated carbocycles. The molecule has 1 aliphatic carbocycles. The van der Waals surface area contributed by atoms with Gasteiger partial charge in [0.25, 0.3) is 0 Å². The van der Waals surface area contributed by atoms with Crippen molar-refractivity contribution in [1.29, 1.82) is 0 Å². The van der Waals surface area contributed by atoms with Crippen LogP contribution < -0.4 is 26.0 Å². The number of para-hydroxylation sites is 1. The summed E-state index contributed by atoms with van der Waals surface area (Å²) in [5, 5.41) is 12.3. The molecule has 9 nitrogen and oxygen atoms in total. The summed E-state index contributed by atoms with van der Waals surface area (Å²) >= 11 is 5.84. The molecule has 4 aromatic rings. The number of alkyl halides is 3. The number of hydrogen-bond donors (Lipinski definition) is 5. The molecule has 3 aromatic carbocycles. The highest BCUT2D eigenvalue weighted by molar-refractivity contribution is 7.80. The number of rotatable bonds is 14. The molecule has 0 saturated heterocycles. The first-order valence-electron chi connectivity index (χ1n) is 18.4. The summed E-state index contributed by atoms with van der Waals surface area (Å²) in [6.07, 6.45) is -3.79. The zero-order valence-corrected chi connectivity index (χ0v) is 32.3. The molecule has 0 aliphatic heterocycles. The molecule has 14 heteroatoms. The Morgan fingerprint density at radius 3 is 2.24 bits per heavy atom. The van der Waals surface area contributed by atoms with Gasteiger partial charge in [0, 0.05) is 23.2 Å². The quantitative estimate of drug-likeness (QED) is 0.0671. The van der Waals surface area contributed by atoms with Gasteiger partial charge in [-0.15, -0.1) is 0 Å². The Bertz CT molecular complexity index is 2040. The molecule has 3 amide bonds. The van der Waals surface area contributed by atoms with E-state index < -0.39 is 58.8 Å². The second-order valence-corrected chi connectivity index (χ2v) is 14.7. The zero-order chi connectivity index (χ0) is 40.1. The van der Waals surface area contributed by atoms with Crippen molar-refractivity contribution < 1.29 is 36.7 Å². The van der Waals surface area contributed by atoms with Gasteiger partial charge in [-0.1, -0.05) is 83.1 Å². The van der Waals surface area contributed by atoms with E-state index in [2.05, 4.69) is 26.3 Å². The van der Waals surface area contributed by atoms with Crippen molar-refractivity contribution in [3.8, 4) is 5.75 Å². The Morgan fingerprint density at radius 2 is 1.60 bits per heavy atom. The third-order valence-corrected chi connectivity index (χ3v) is 11.0. The molecule has 1 aromatic heterocycles. The number of amides is 3. The van der Waals surface area contributed by atoms with Gasteiger partial charge in [0.15, 0.2) is 0 Å². The van der Waals surface area contributed by atoms with Crippen LogP contribution in [0.4, 0.5) is 23.2 Å². The number of aromatic nitrogens is 1. The summed E-state index contributed by atoms with van der Waals surface area (Å²) in [5.74, 6) is -2.28. The minimum atomic E-state index is -4.63. The number of fused-ring (bicyclic) bond motifs is 3. The summed E-state index contributed by atoms with van der Waals surface area (Å²) in [7, 11) is 1.56. The van der Waals surface area contributed by atoms with E-state index in [4.69, 9.17) is 17.0 Å². The first kappa shape index (κ1) is 41.2. The van der Waals surface area contributed by atoms with E-state index in [0.29, 0.717) is 45.9 Å². The Kier molecular flexibility index (Phi) is 12.9. The van der Waals surface area contributed by atoms with Crippen molar-refractivity contribution in [3.63, 3.8) is 0 Å². The van der Waals surface area contributed by atoms with Gasteiger partial charge in [0.2, 0.25) is 17.7 Å². The lowest BCUT2D eigenvalue weighted by atomic mass is 9.78. The second-order valence-electron chi connectivity index (χ2n) is 14.3. The molecule has 5 rings (SSSR count). The SMILES string of the molecule is CCC(C)[C@H](NC(=O)Cc1ccccc1F)C(=O)N[C@]1(C(=O)N[C@H](C(=S)Nc2ccc(OC)cc2)C(C)CC)CCc2[nH]c3c(C(F)(F)F)cccc3c2C1. The number of ether oxygens (including phenoxy) is 1. The van der Waals surface area contributed by atoms with Crippen molar-refractivity contribution in [3.05, 3.63) is 94.9 Å². The zero-order valence-electron chi connectivity index (χ0n) is 31.5. The van der Waals surface area contributed by atoms with Gasteiger partial charge in [-0.3, -0.25) is 14.4 Å². The van der Waals surface area contributed by atoms with Gasteiger partial charge in [0.1, 0.15) is 28.1 Å². The summed E-state index contributed by atoms with van der Waals surface area (Å²) in [6, 6.07) is 15.0. The number of H-pyrrole nitrogens is 1. The Labute approximate surface area is 323 Å². The van der Waals surface area contributed by atoms with Crippen molar-refractivity contribution in [1.82, 2.24) is 20.9 Å². The minimum absolute atomic E-state index is 0.0358. The van der Waals surface area contributed by atoms with Crippen LogP contribution >= 0.6 is 12.2 Å². The number of benzene rings is 3. The number of aromatic amines is 1. The summed E-state index contributed by atoms with van der Waals surface area (Å²) < 4.78 is 62.0. The predicted octanol–water partition coefficient (Wildman–Crippen LogP) is 7.42. The topological polar surface area (TPSA) is 124 Å². The maximum absolute atomic E-state index is 14.8. The highest BCUT2D eigenvalue weighted by Crippen LogP contribution is 2.40. The van der Waals surface area contributed by atoms with Crippen molar-refractivity contribution >= 4 is 51.5 Å². The molecule has 0 bridgehead atoms. The molecular weight excluding hydrogens is 735 g/mol. The van der Waals surface area contributed by atoms with Crippen LogP contribution in [0.5, 0.6) is 5.75 Å². The van der Waals surface area contributed by atoms with Crippen LogP contribution in [-0.2, 0) is 39.8 Å². The van der Waals surface area contributed by atoms with E-state index in [1.54, 1.807) is 50.4 Å². The lowest BCUT2D eigenvalue weighted by Crippen LogP contribution is -2.67. The number of carbonyl (C=O) groups is 3. The molecule has 1 aliphatic rings. The average Bonchev–Trinajstić information content (AvgIpc) is 3.53. The smallest absolute Gasteiger partial charge is 0.418 e. The lowest BCUT2D eigenvalue weighted by Gasteiger charge is -2.40. The first-order chi connectivity index (χ1) is 26.1. The highest BCUT2D eigenvalue weighted by atomic mass is 32.1. The van der Waals surface area contributed by atoms with Crippen LogP contribution in [0.1, 0.15) is 69.3 Å². The maximum Gasteiger partial charge on any atom is 0.418 e. The highest BCUT2D eigenvalue weighted by Gasteiger charge is 2.47. The molecular formula is C41H47F4N5O4S. The fourth-order valence-electron chi connectivity index (χ4n) is 7.00. The molecule has 294 valence electrons. The number of aryl methyl sites for hydroxylation is 1. The van der Waals surface area contributed by atoms with Gasteiger partial charge >= 0.3 is 6.18 Å². The van der Waals surface area contributed by atoms with Gasteiger partial charge in [0.05, 0.1) is 30.7 Å². The Morgan fingerprint density at radius 1 is 0.927 bits per heavy atom. The van der Waals surface area contributed by atoms with E-state index in [1.807, 2.05) is 20.8 Å². The van der Waals surface area contributed by atoms with E-state index in [9.17, 15) is 31.9 Å². The number of halogens is 4. The second kappa shape index (κ2) is 17.2. The normalized spacial score (nSPS) is 17.6. The monoisotopic (exact) mass is 781 g/mol. The summed E-state index contributed by atoms with van der Waals surface area (Å²) in [5.41, 5.74) is -0.743. The van der Waals surface area contributed by atoms with Crippen molar-refractivity contribution in [2.24, 2.45) is 11.8 Å². The van der Waals surface area contributed by atoms with Crippen LogP contribution in [0.2, 0.25) is 0 Å². The van der Waals surface area contributed by atoms with Crippen LogP contribution in [0, 0.1) is 17.7 Å². The molecule has 5 atom stereocenters. The number of hydrogen-bond acceptors (Lipinski definition) is 5. The van der Waals surface area contributed by atoms with Crippen LogP contribution in [0.15, 0.2) is 66.7 Å². The molecule has 0 spiro atoms. The number of carbonyl (C=O) groups excluding carboxylic acids is 3. The fraction of sp³-hybridized carbons (Fsp3) is 0.415. The van der Waals surface area contributed by atoms with Crippen LogP contribution in [0.3, 0.4) is 0 Å². The van der Waals surface area contributed by atoms with Crippen molar-refractivity contribution in [2.75, 3.05) is 12.4 Å². The predicted molar refractivity (Wildman–Crippen MR) is 208 cm³/mol. The van der Waals surface area contributed by atoms with E-state index >= 15 is 0 Å². The standard InChI is InChI=1S/C41H47F4N5O4S/c1-6-23(3)34(48-33(51)21-25-11-8-9-14-31(25)42)37(52)50-40(20-19-32-29(22-40)28-12-10-13-30(36(28)47-32)41(43,44)45)39(53)49-35(24(4)7-2)38(55)46-26-15-17-27(54-5)18-16-26/h8-18,23-24,34-35,47H,6-7,19-22H2,1-5H3,(H,46,55)(H,48,51)(H,49,53)(H,50,52)/t23?,24?,34-,35-,40+/m0/s1. The molecule has 1 heterocycles. The summed E-state index contributed by atoms with van der Waals surface area (Å²) in [4.78, 5) is 45.8. The van der Waals surface area contributed by atoms with Gasteiger partial charge in [-0.25, -0.2) is 4.39 Å². The Balaban J connectivity index is 1.51. The maximum atomic E-state index is 14.8. The average molecular weight is 782 g/mol. The van der Waals surface area contributed by atoms with E-state index in [-0.39, 0.29) is 42.7 Å². The number of anilines is 1. The van der Waals surface area contributed by atoms with Gasteiger partial charge in [-0.2, -0.15) is 13.2 Å². The van der Waals surface area contributed by atoms with E-state index in [1.165, 1.54) is 24.3 Å². The third-order valence-electron chi connectivity index (χ3n) is 10.7. The van der Waals surface area contributed by atoms with Gasteiger partial charge < -0.3 is 31.0 Å². The molecule has 55 heavy (non-hydrogen) atoms. The van der Waals surface area contributed by atoms with Crippen LogP contribution in [-0.4, -0.2) is 52.4 Å². The van der Waals surface area contributed by atoms with Gasteiger partial charge in [-0.05, 0) is 72.2 Å². The van der Waals surface area contributed by atoms with Crippen LogP contribution in [0.25, 0.3) is 10.9 Å². The number of nitrogens with one attached hydrogen (secondary N) is 5. The molecule has 5 N–H and O–H groups in total. The van der Waals surface area contributed by atoms with E-state index in [0.717, 1.165) is 6.07 Å². The molecule has 0 fully saturated rings. The number of methoxy groups -OCH3 is 1. The largest absolute Gasteiger partial charge is 0.497 e. The first-order valence-corrected chi connectivity index (χ1v) is 18.8. The third kappa shape index (κ3) is 9.29. The van der Waals surface area contributed by atoms with Crippen molar-refractivity contribution in [2.45, 2.75) is 90.0 Å². The molecule has 2 unspecified atom stereocenters. The molecule has 0 radical (unpaired) electrons. The lowest BCUT2D eigenvalue weighted by molar-refractivity contribution is -0.137.